The predicted octanol–water partition coefficient (Wildman–Crippen LogP) is 4.73. The Balaban J connectivity index is 1.82. The highest BCUT2D eigenvalue weighted by atomic mass is 79.9. The van der Waals surface area contributed by atoms with Gasteiger partial charge in [-0.3, -0.25) is 0 Å². The van der Waals surface area contributed by atoms with Crippen molar-refractivity contribution in [3.8, 4) is 5.75 Å². The molecule has 1 N–H and O–H groups in total. The number of carbonyl (C=O) groups excluding carboxylic acids is 1. The number of rotatable bonds is 5. The van der Waals surface area contributed by atoms with Crippen LogP contribution in [0.25, 0.3) is 0 Å². The maximum absolute atomic E-state index is 12.2. The van der Waals surface area contributed by atoms with Crippen molar-refractivity contribution in [1.82, 2.24) is 10.2 Å². The molecule has 0 bridgehead atoms. The smallest absolute Gasteiger partial charge is 0.410 e. The number of nitrogens with one attached hydrogen (secondary N) is 1. The number of amides is 1. The maximum Gasteiger partial charge on any atom is 0.410 e. The Morgan fingerprint density at radius 3 is 2.50 bits per heavy atom. The number of halogens is 1. The quantitative estimate of drug-likeness (QED) is 0.739. The lowest BCUT2D eigenvalue weighted by Crippen LogP contribution is -2.44. The average molecular weight is 427 g/mol. The topological polar surface area (TPSA) is 50.8 Å². The number of nitrogens with zero attached hydrogens (tertiary/aromatic N) is 1. The highest BCUT2D eigenvalue weighted by Crippen LogP contribution is 2.26. The minimum Gasteiger partial charge on any atom is -0.496 e. The molecule has 1 aromatic rings. The van der Waals surface area contributed by atoms with E-state index in [1.807, 2.05) is 40.0 Å². The molecule has 146 valence electrons. The van der Waals surface area contributed by atoms with Gasteiger partial charge >= 0.3 is 6.09 Å². The summed E-state index contributed by atoms with van der Waals surface area (Å²) in [5.41, 5.74) is 0.697. The standard InChI is InChI=1S/C20H31BrN2O3/c1-20(2,3)26-19(24)23(4)17-9-7-16(8-10-17)22-13-14-12-15(21)6-11-18(14)25-5/h6,11-12,16-17,22H,7-10,13H2,1-5H3. The summed E-state index contributed by atoms with van der Waals surface area (Å²) < 4.78 is 12.0. The summed E-state index contributed by atoms with van der Waals surface area (Å²) in [4.78, 5) is 14.0. The SMILES string of the molecule is COc1ccc(Br)cc1CNC1CCC(N(C)C(=O)OC(C)(C)C)CC1. The third-order valence-electron chi connectivity index (χ3n) is 4.75. The molecule has 0 aromatic heterocycles. The number of hydrogen-bond acceptors (Lipinski definition) is 4. The molecule has 26 heavy (non-hydrogen) atoms. The molecule has 2 rings (SSSR count). The zero-order valence-electron chi connectivity index (χ0n) is 16.5. The number of ether oxygens (including phenoxy) is 2. The summed E-state index contributed by atoms with van der Waals surface area (Å²) in [5, 5.41) is 3.63. The van der Waals surface area contributed by atoms with Gasteiger partial charge in [0.2, 0.25) is 0 Å². The van der Waals surface area contributed by atoms with Crippen LogP contribution in [-0.2, 0) is 11.3 Å². The van der Waals surface area contributed by atoms with E-state index >= 15 is 0 Å². The molecule has 1 fully saturated rings. The van der Waals surface area contributed by atoms with Crippen molar-refractivity contribution < 1.29 is 14.3 Å². The molecule has 0 radical (unpaired) electrons. The highest BCUT2D eigenvalue weighted by Gasteiger charge is 2.29. The molecule has 1 aromatic carbocycles. The largest absolute Gasteiger partial charge is 0.496 e. The second-order valence-corrected chi connectivity index (χ2v) is 8.85. The van der Waals surface area contributed by atoms with Crippen LogP contribution in [0.4, 0.5) is 4.79 Å². The van der Waals surface area contributed by atoms with Gasteiger partial charge < -0.3 is 19.7 Å². The highest BCUT2D eigenvalue weighted by molar-refractivity contribution is 9.10. The van der Waals surface area contributed by atoms with Crippen LogP contribution in [0.15, 0.2) is 22.7 Å². The Bertz CT molecular complexity index is 608. The molecule has 0 atom stereocenters. The summed E-state index contributed by atoms with van der Waals surface area (Å²) >= 11 is 3.52. The van der Waals surface area contributed by atoms with Crippen molar-refractivity contribution in [3.05, 3.63) is 28.2 Å². The van der Waals surface area contributed by atoms with Crippen molar-refractivity contribution >= 4 is 22.0 Å². The van der Waals surface area contributed by atoms with E-state index in [2.05, 4.69) is 27.3 Å². The van der Waals surface area contributed by atoms with Crippen molar-refractivity contribution in [3.63, 3.8) is 0 Å². The van der Waals surface area contributed by atoms with E-state index in [1.54, 1.807) is 12.0 Å². The number of carbonyl (C=O) groups is 1. The molecule has 1 amide bonds. The molecule has 0 unspecified atom stereocenters. The van der Waals surface area contributed by atoms with E-state index in [-0.39, 0.29) is 12.1 Å². The zero-order valence-corrected chi connectivity index (χ0v) is 18.1. The van der Waals surface area contributed by atoms with Gasteiger partial charge in [-0.2, -0.15) is 0 Å². The zero-order chi connectivity index (χ0) is 19.3. The van der Waals surface area contributed by atoms with Gasteiger partial charge in [0.25, 0.3) is 0 Å². The second kappa shape index (κ2) is 9.09. The van der Waals surface area contributed by atoms with E-state index in [9.17, 15) is 4.79 Å². The van der Waals surface area contributed by atoms with Crippen LogP contribution in [0, 0.1) is 0 Å². The lowest BCUT2D eigenvalue weighted by Gasteiger charge is -2.35. The Morgan fingerprint density at radius 1 is 1.27 bits per heavy atom. The van der Waals surface area contributed by atoms with Gasteiger partial charge in [-0.25, -0.2) is 4.79 Å². The summed E-state index contributed by atoms with van der Waals surface area (Å²) in [6.45, 7) is 6.47. The average Bonchev–Trinajstić information content (AvgIpc) is 2.58. The van der Waals surface area contributed by atoms with Gasteiger partial charge in [0.15, 0.2) is 0 Å². The monoisotopic (exact) mass is 426 g/mol. The Labute approximate surface area is 165 Å². The van der Waals surface area contributed by atoms with Gasteiger partial charge in [-0.05, 0) is 64.7 Å². The first-order valence-electron chi connectivity index (χ1n) is 9.21. The van der Waals surface area contributed by atoms with Gasteiger partial charge in [-0.15, -0.1) is 0 Å². The molecule has 1 aliphatic rings. The van der Waals surface area contributed by atoms with E-state index in [1.165, 1.54) is 0 Å². The number of methoxy groups -OCH3 is 1. The van der Waals surface area contributed by atoms with Crippen LogP contribution in [-0.4, -0.2) is 42.8 Å². The molecular weight excluding hydrogens is 396 g/mol. The van der Waals surface area contributed by atoms with Crippen LogP contribution in [0.3, 0.4) is 0 Å². The van der Waals surface area contributed by atoms with Crippen LogP contribution < -0.4 is 10.1 Å². The minimum atomic E-state index is -0.451. The molecule has 0 saturated heterocycles. The second-order valence-electron chi connectivity index (χ2n) is 7.93. The van der Waals surface area contributed by atoms with E-state index in [4.69, 9.17) is 9.47 Å². The van der Waals surface area contributed by atoms with E-state index < -0.39 is 5.60 Å². The first-order chi connectivity index (χ1) is 12.2. The Hall–Kier alpha value is -1.27. The van der Waals surface area contributed by atoms with Crippen LogP contribution in [0.2, 0.25) is 0 Å². The molecule has 1 saturated carbocycles. The van der Waals surface area contributed by atoms with Gasteiger partial charge in [0.1, 0.15) is 11.4 Å². The Kier molecular flexibility index (Phi) is 7.35. The first-order valence-corrected chi connectivity index (χ1v) is 10.0. The fraction of sp³-hybridized carbons (Fsp3) is 0.650. The summed E-state index contributed by atoms with van der Waals surface area (Å²) in [6, 6.07) is 6.77. The van der Waals surface area contributed by atoms with Crippen molar-refractivity contribution in [2.24, 2.45) is 0 Å². The predicted molar refractivity (Wildman–Crippen MR) is 108 cm³/mol. The molecular formula is C20H31BrN2O3. The Morgan fingerprint density at radius 2 is 1.92 bits per heavy atom. The van der Waals surface area contributed by atoms with Crippen LogP contribution in [0.1, 0.15) is 52.0 Å². The number of hydrogen-bond donors (Lipinski definition) is 1. The molecule has 0 aliphatic heterocycles. The van der Waals surface area contributed by atoms with Crippen LogP contribution >= 0.6 is 15.9 Å². The van der Waals surface area contributed by atoms with Gasteiger partial charge in [0.05, 0.1) is 7.11 Å². The normalized spacial score (nSPS) is 20.5. The molecule has 0 spiro atoms. The minimum absolute atomic E-state index is 0.229. The third-order valence-corrected chi connectivity index (χ3v) is 5.24. The molecule has 0 heterocycles. The van der Waals surface area contributed by atoms with E-state index in [0.29, 0.717) is 6.04 Å². The summed E-state index contributed by atoms with van der Waals surface area (Å²) in [6.07, 6.45) is 3.85. The lowest BCUT2D eigenvalue weighted by molar-refractivity contribution is 0.0179. The van der Waals surface area contributed by atoms with Gasteiger partial charge in [0, 0.05) is 35.7 Å². The molecule has 1 aliphatic carbocycles. The third kappa shape index (κ3) is 6.16. The summed E-state index contributed by atoms with van der Waals surface area (Å²) in [7, 11) is 3.54. The van der Waals surface area contributed by atoms with Crippen LogP contribution in [0.5, 0.6) is 5.75 Å². The van der Waals surface area contributed by atoms with Crippen molar-refractivity contribution in [2.75, 3.05) is 14.2 Å². The maximum atomic E-state index is 12.2. The van der Waals surface area contributed by atoms with Gasteiger partial charge in [-0.1, -0.05) is 15.9 Å². The molecule has 6 heteroatoms. The fourth-order valence-electron chi connectivity index (χ4n) is 3.29. The number of benzene rings is 1. The summed E-state index contributed by atoms with van der Waals surface area (Å²) in [5.74, 6) is 0.902. The fourth-order valence-corrected chi connectivity index (χ4v) is 3.70. The van der Waals surface area contributed by atoms with Crippen molar-refractivity contribution in [1.29, 1.82) is 0 Å². The lowest BCUT2D eigenvalue weighted by atomic mass is 9.90. The van der Waals surface area contributed by atoms with Crippen molar-refractivity contribution in [2.45, 2.75) is 70.7 Å². The molecule has 5 nitrogen and oxygen atoms in total. The first kappa shape index (κ1) is 21.0. The van der Waals surface area contributed by atoms with E-state index in [0.717, 1.165) is 48.0 Å².